The third-order valence-corrected chi connectivity index (χ3v) is 4.32. The van der Waals surface area contributed by atoms with E-state index in [0.29, 0.717) is 33.8 Å². The first-order chi connectivity index (χ1) is 13.6. The summed E-state index contributed by atoms with van der Waals surface area (Å²) in [6.45, 7) is 0. The normalized spacial score (nSPS) is 10.8. The lowest BCUT2D eigenvalue weighted by Crippen LogP contribution is -1.99. The van der Waals surface area contributed by atoms with E-state index >= 15 is 0 Å². The Morgan fingerprint density at radius 3 is 2.43 bits per heavy atom. The van der Waals surface area contributed by atoms with Crippen molar-refractivity contribution in [2.75, 3.05) is 7.11 Å². The number of pyridine rings is 1. The smallest absolute Gasteiger partial charge is 0.213 e. The van der Waals surface area contributed by atoms with E-state index in [1.807, 2.05) is 0 Å². The molecule has 0 unspecified atom stereocenters. The number of nitrogens with zero attached hydrogens (tertiary/aromatic N) is 3. The van der Waals surface area contributed by atoms with Crippen LogP contribution >= 0.6 is 0 Å². The molecular weight excluding hydrogens is 364 g/mol. The zero-order valence-electron chi connectivity index (χ0n) is 14.8. The molecule has 0 fully saturated rings. The number of benzene rings is 2. The lowest BCUT2D eigenvalue weighted by molar-refractivity contribution is 0.195. The number of hydrogen-bond acceptors (Lipinski definition) is 4. The lowest BCUT2D eigenvalue weighted by Gasteiger charge is -2.08. The number of halogens is 2. The van der Waals surface area contributed by atoms with Crippen molar-refractivity contribution in [3.05, 3.63) is 78.6 Å². The zero-order chi connectivity index (χ0) is 19.7. The molecule has 0 radical (unpaired) electrons. The second kappa shape index (κ2) is 7.11. The van der Waals surface area contributed by atoms with Crippen molar-refractivity contribution in [3.63, 3.8) is 0 Å². The van der Waals surface area contributed by atoms with Gasteiger partial charge in [0.25, 0.3) is 0 Å². The maximum Gasteiger partial charge on any atom is 0.213 e. The highest BCUT2D eigenvalue weighted by Crippen LogP contribution is 2.37. The van der Waals surface area contributed by atoms with Crippen LogP contribution in [0.4, 0.5) is 8.78 Å². The molecule has 0 aliphatic rings. The molecule has 2 aromatic heterocycles. The fourth-order valence-corrected chi connectivity index (χ4v) is 3.03. The standard InChI is InChI=1S/C21H15F2N3O2/c1-28-17-5-3-2-4-16(17)21-25-19(14-10-11-24-18(23)12-14)20(26(21)27)13-6-8-15(22)9-7-13/h2-12,27H,1H3. The van der Waals surface area contributed by atoms with Gasteiger partial charge in [0.15, 0.2) is 5.82 Å². The summed E-state index contributed by atoms with van der Waals surface area (Å²) in [7, 11) is 1.52. The topological polar surface area (TPSA) is 60.2 Å². The van der Waals surface area contributed by atoms with Gasteiger partial charge in [0.1, 0.15) is 23.0 Å². The lowest BCUT2D eigenvalue weighted by atomic mass is 10.1. The Kier molecular flexibility index (Phi) is 4.49. The van der Waals surface area contributed by atoms with Gasteiger partial charge in [0, 0.05) is 23.4 Å². The molecule has 7 heteroatoms. The summed E-state index contributed by atoms with van der Waals surface area (Å²) in [6, 6.07) is 15.5. The minimum atomic E-state index is -0.672. The Hall–Kier alpha value is -3.74. The van der Waals surface area contributed by atoms with Crippen LogP contribution in [0.15, 0.2) is 66.9 Å². The first-order valence-corrected chi connectivity index (χ1v) is 8.41. The van der Waals surface area contributed by atoms with Crippen molar-refractivity contribution in [3.8, 4) is 39.7 Å². The molecule has 0 amide bonds. The van der Waals surface area contributed by atoms with Crippen LogP contribution in [-0.2, 0) is 0 Å². The molecule has 4 aromatic rings. The van der Waals surface area contributed by atoms with Gasteiger partial charge in [-0.3, -0.25) is 0 Å². The van der Waals surface area contributed by atoms with Crippen LogP contribution < -0.4 is 4.74 Å². The van der Waals surface area contributed by atoms with Crippen molar-refractivity contribution in [1.82, 2.24) is 14.7 Å². The number of methoxy groups -OCH3 is 1. The molecule has 4 rings (SSSR count). The Balaban J connectivity index is 2.00. The molecule has 0 atom stereocenters. The van der Waals surface area contributed by atoms with E-state index in [2.05, 4.69) is 9.97 Å². The summed E-state index contributed by atoms with van der Waals surface area (Å²) in [6.07, 6.45) is 1.32. The fraction of sp³-hybridized carbons (Fsp3) is 0.0476. The van der Waals surface area contributed by atoms with Crippen molar-refractivity contribution < 1.29 is 18.7 Å². The third-order valence-electron chi connectivity index (χ3n) is 4.32. The third kappa shape index (κ3) is 3.07. The van der Waals surface area contributed by atoms with Crippen LogP contribution in [0.5, 0.6) is 5.75 Å². The predicted octanol–water partition coefficient (Wildman–Crippen LogP) is 4.80. The number of aromatic nitrogens is 3. The highest BCUT2D eigenvalue weighted by atomic mass is 19.1. The summed E-state index contributed by atoms with van der Waals surface area (Å²) in [5, 5.41) is 10.9. The average Bonchev–Trinajstić information content (AvgIpc) is 3.05. The molecule has 0 spiro atoms. The minimum absolute atomic E-state index is 0.212. The highest BCUT2D eigenvalue weighted by Gasteiger charge is 2.23. The number of hydrogen-bond donors (Lipinski definition) is 1. The molecule has 2 heterocycles. The molecule has 0 saturated carbocycles. The Bertz CT molecular complexity index is 1140. The van der Waals surface area contributed by atoms with Gasteiger partial charge in [0.05, 0.1) is 12.7 Å². The molecule has 0 aliphatic heterocycles. The second-order valence-electron chi connectivity index (χ2n) is 6.02. The predicted molar refractivity (Wildman–Crippen MR) is 100.0 cm³/mol. The minimum Gasteiger partial charge on any atom is -0.496 e. The van der Waals surface area contributed by atoms with Gasteiger partial charge < -0.3 is 9.94 Å². The van der Waals surface area contributed by atoms with E-state index in [4.69, 9.17) is 4.74 Å². The Morgan fingerprint density at radius 1 is 0.964 bits per heavy atom. The molecule has 1 N–H and O–H groups in total. The van der Waals surface area contributed by atoms with Crippen molar-refractivity contribution in [2.24, 2.45) is 0 Å². The Labute approximate surface area is 159 Å². The first-order valence-electron chi connectivity index (χ1n) is 8.41. The molecule has 2 aromatic carbocycles. The molecule has 5 nitrogen and oxygen atoms in total. The summed E-state index contributed by atoms with van der Waals surface area (Å²) in [5.74, 6) is -0.354. The highest BCUT2D eigenvalue weighted by molar-refractivity contribution is 5.82. The van der Waals surface area contributed by atoms with Crippen LogP contribution in [0.25, 0.3) is 33.9 Å². The zero-order valence-corrected chi connectivity index (χ0v) is 14.8. The summed E-state index contributed by atoms with van der Waals surface area (Å²) in [5.41, 5.74) is 2.13. The summed E-state index contributed by atoms with van der Waals surface area (Å²) in [4.78, 5) is 8.10. The van der Waals surface area contributed by atoms with E-state index in [-0.39, 0.29) is 5.82 Å². The fourth-order valence-electron chi connectivity index (χ4n) is 3.03. The van der Waals surface area contributed by atoms with Crippen LogP contribution in [0.1, 0.15) is 0 Å². The number of ether oxygens (including phenoxy) is 1. The molecule has 140 valence electrons. The van der Waals surface area contributed by atoms with E-state index in [1.54, 1.807) is 30.3 Å². The van der Waals surface area contributed by atoms with Gasteiger partial charge in [-0.2, -0.15) is 9.12 Å². The van der Waals surface area contributed by atoms with Gasteiger partial charge in [-0.15, -0.1) is 0 Å². The SMILES string of the molecule is COc1ccccc1-c1nc(-c2ccnc(F)c2)c(-c2ccc(F)cc2)n1O. The van der Waals surface area contributed by atoms with Gasteiger partial charge in [0.2, 0.25) is 5.95 Å². The molecular formula is C21H15F2N3O2. The second-order valence-corrected chi connectivity index (χ2v) is 6.02. The van der Waals surface area contributed by atoms with Crippen molar-refractivity contribution >= 4 is 0 Å². The van der Waals surface area contributed by atoms with Gasteiger partial charge in [-0.05, 0) is 42.5 Å². The maximum atomic E-state index is 13.7. The monoisotopic (exact) mass is 379 g/mol. The number of imidazole rings is 1. The largest absolute Gasteiger partial charge is 0.496 e. The van der Waals surface area contributed by atoms with E-state index in [9.17, 15) is 14.0 Å². The maximum absolute atomic E-state index is 13.7. The Morgan fingerprint density at radius 2 is 1.71 bits per heavy atom. The molecule has 0 bridgehead atoms. The van der Waals surface area contributed by atoms with Crippen LogP contribution in [0.2, 0.25) is 0 Å². The van der Waals surface area contributed by atoms with E-state index in [1.165, 1.54) is 43.6 Å². The molecule has 28 heavy (non-hydrogen) atoms. The molecule has 0 aliphatic carbocycles. The van der Waals surface area contributed by atoms with Crippen molar-refractivity contribution in [1.29, 1.82) is 0 Å². The number of para-hydroxylation sites is 1. The first kappa shape index (κ1) is 17.7. The molecule has 0 saturated heterocycles. The summed E-state index contributed by atoms with van der Waals surface area (Å²) < 4.78 is 33.4. The van der Waals surface area contributed by atoms with Crippen molar-refractivity contribution in [2.45, 2.75) is 0 Å². The summed E-state index contributed by atoms with van der Waals surface area (Å²) >= 11 is 0. The quantitative estimate of drug-likeness (QED) is 0.409. The van der Waals surface area contributed by atoms with Gasteiger partial charge in [-0.25, -0.2) is 14.4 Å². The van der Waals surface area contributed by atoms with Crippen LogP contribution in [0.3, 0.4) is 0 Å². The van der Waals surface area contributed by atoms with Crippen LogP contribution in [-0.4, -0.2) is 27.0 Å². The average molecular weight is 379 g/mol. The van der Waals surface area contributed by atoms with E-state index in [0.717, 1.165) is 4.73 Å². The van der Waals surface area contributed by atoms with Gasteiger partial charge in [-0.1, -0.05) is 12.1 Å². The number of rotatable bonds is 4. The van der Waals surface area contributed by atoms with Crippen LogP contribution in [0, 0.1) is 11.8 Å². The van der Waals surface area contributed by atoms with Gasteiger partial charge >= 0.3 is 0 Å². The van der Waals surface area contributed by atoms with E-state index < -0.39 is 11.8 Å².